The van der Waals surface area contributed by atoms with Gasteiger partial charge in [0, 0.05) is 17.4 Å². The maximum atomic E-state index is 10.7. The van der Waals surface area contributed by atoms with Gasteiger partial charge in [-0.3, -0.25) is 9.59 Å². The monoisotopic (exact) mass is 404 g/mol. The third-order valence-corrected chi connectivity index (χ3v) is 6.23. The smallest absolute Gasteiger partial charge is 0.304 e. The Morgan fingerprint density at radius 1 is 0.741 bits per heavy atom. The quantitative estimate of drug-likeness (QED) is 0.232. The van der Waals surface area contributed by atoms with Crippen molar-refractivity contribution in [1.82, 2.24) is 0 Å². The average Bonchev–Trinajstić information content (AvgIpc) is 2.61. The van der Waals surface area contributed by atoms with Gasteiger partial charge in [-0.1, -0.05) is 71.1 Å². The number of aliphatic carboxylic acids is 2. The predicted octanol–water partition coefficient (Wildman–Crippen LogP) is 5.49. The second-order valence-corrected chi connectivity index (χ2v) is 8.72. The van der Waals surface area contributed by atoms with E-state index in [0.29, 0.717) is 25.0 Å². The zero-order valence-corrected chi connectivity index (χ0v) is 17.9. The Kier molecular flexibility index (Phi) is 18.1. The van der Waals surface area contributed by atoms with E-state index in [1.165, 1.54) is 44.9 Å². The van der Waals surface area contributed by atoms with Crippen LogP contribution in [-0.2, 0) is 9.59 Å². The van der Waals surface area contributed by atoms with Crippen molar-refractivity contribution in [3.63, 3.8) is 0 Å². The Morgan fingerprint density at radius 2 is 1.26 bits per heavy atom. The zero-order valence-electron chi connectivity index (χ0n) is 17.0. The van der Waals surface area contributed by atoms with Gasteiger partial charge >= 0.3 is 11.9 Å². The molecule has 0 aliphatic carbocycles. The molecule has 0 aromatic carbocycles. The number of hydrogen-bond acceptors (Lipinski definition) is 4. The minimum Gasteiger partial charge on any atom is -0.481 e. The molecule has 0 aromatic heterocycles. The number of aliphatic hydroxyl groups excluding tert-OH is 1. The average molecular weight is 405 g/mol. The van der Waals surface area contributed by atoms with Crippen molar-refractivity contribution in [2.75, 3.05) is 5.75 Å². The van der Waals surface area contributed by atoms with Crippen LogP contribution < -0.4 is 0 Å². The third kappa shape index (κ3) is 18.4. The molecule has 5 nitrogen and oxygen atoms in total. The lowest BCUT2D eigenvalue weighted by atomic mass is 10.0. The number of carboxylic acids is 2. The van der Waals surface area contributed by atoms with Crippen LogP contribution in [0.3, 0.4) is 0 Å². The van der Waals surface area contributed by atoms with E-state index in [4.69, 9.17) is 10.2 Å². The van der Waals surface area contributed by atoms with E-state index in [1.54, 1.807) is 11.8 Å². The fourth-order valence-corrected chi connectivity index (χ4v) is 4.44. The second kappa shape index (κ2) is 18.6. The molecule has 0 aliphatic rings. The van der Waals surface area contributed by atoms with Crippen LogP contribution in [-0.4, -0.2) is 44.4 Å². The minimum atomic E-state index is -0.805. The van der Waals surface area contributed by atoms with Crippen molar-refractivity contribution in [3.8, 4) is 0 Å². The van der Waals surface area contributed by atoms with E-state index >= 15 is 0 Å². The molecular formula is C21H40O5S. The SMILES string of the molecule is CCCCCCCCCCC[C@@H](SCCC(=O)O)[C@H](O)CCCCC(=O)O. The first-order valence-corrected chi connectivity index (χ1v) is 11.8. The summed E-state index contributed by atoms with van der Waals surface area (Å²) in [4.78, 5) is 21.3. The fraction of sp³-hybridized carbons (Fsp3) is 0.905. The molecule has 0 amide bonds. The summed E-state index contributed by atoms with van der Waals surface area (Å²) in [5.41, 5.74) is 0. The molecule has 6 heteroatoms. The summed E-state index contributed by atoms with van der Waals surface area (Å²) in [6.45, 7) is 2.23. The van der Waals surface area contributed by atoms with Gasteiger partial charge in [-0.25, -0.2) is 0 Å². The van der Waals surface area contributed by atoms with Gasteiger partial charge in [0.25, 0.3) is 0 Å². The molecule has 0 heterocycles. The van der Waals surface area contributed by atoms with Crippen LogP contribution in [0.1, 0.15) is 103 Å². The second-order valence-electron chi connectivity index (χ2n) is 7.38. The molecule has 160 valence electrons. The number of hydrogen-bond donors (Lipinski definition) is 3. The van der Waals surface area contributed by atoms with Crippen molar-refractivity contribution < 1.29 is 24.9 Å². The van der Waals surface area contributed by atoms with Gasteiger partial charge in [-0.2, -0.15) is 11.8 Å². The Hall–Kier alpha value is -0.750. The lowest BCUT2D eigenvalue weighted by molar-refractivity contribution is -0.137. The Morgan fingerprint density at radius 3 is 1.81 bits per heavy atom. The van der Waals surface area contributed by atoms with Gasteiger partial charge in [0.1, 0.15) is 0 Å². The highest BCUT2D eigenvalue weighted by molar-refractivity contribution is 7.99. The molecule has 0 radical (unpaired) electrons. The summed E-state index contributed by atoms with van der Waals surface area (Å²) in [5, 5.41) is 28.0. The van der Waals surface area contributed by atoms with Crippen molar-refractivity contribution in [3.05, 3.63) is 0 Å². The van der Waals surface area contributed by atoms with E-state index in [9.17, 15) is 14.7 Å². The molecule has 0 aromatic rings. The summed E-state index contributed by atoms with van der Waals surface area (Å²) in [6, 6.07) is 0. The zero-order chi connectivity index (χ0) is 20.3. The predicted molar refractivity (Wildman–Crippen MR) is 112 cm³/mol. The van der Waals surface area contributed by atoms with E-state index in [-0.39, 0.29) is 18.1 Å². The fourth-order valence-electron chi connectivity index (χ4n) is 3.16. The van der Waals surface area contributed by atoms with E-state index < -0.39 is 18.0 Å². The number of aliphatic hydroxyl groups is 1. The van der Waals surface area contributed by atoms with Gasteiger partial charge in [0.15, 0.2) is 0 Å². The lowest BCUT2D eigenvalue weighted by Crippen LogP contribution is -2.24. The van der Waals surface area contributed by atoms with E-state index in [0.717, 1.165) is 19.3 Å². The van der Waals surface area contributed by atoms with Gasteiger partial charge in [0.2, 0.25) is 0 Å². The largest absolute Gasteiger partial charge is 0.481 e. The van der Waals surface area contributed by atoms with Gasteiger partial charge < -0.3 is 15.3 Å². The highest BCUT2D eigenvalue weighted by Crippen LogP contribution is 2.25. The van der Waals surface area contributed by atoms with Crippen molar-refractivity contribution >= 4 is 23.7 Å². The number of carbonyl (C=O) groups is 2. The number of carboxylic acid groups (broad SMARTS) is 2. The first kappa shape index (κ1) is 26.2. The number of rotatable bonds is 20. The van der Waals surface area contributed by atoms with Gasteiger partial charge in [-0.15, -0.1) is 0 Å². The van der Waals surface area contributed by atoms with Crippen molar-refractivity contribution in [2.45, 2.75) is 115 Å². The molecule has 0 unspecified atom stereocenters. The molecule has 27 heavy (non-hydrogen) atoms. The van der Waals surface area contributed by atoms with Crippen LogP contribution in [0.4, 0.5) is 0 Å². The van der Waals surface area contributed by atoms with Crippen LogP contribution in [0.2, 0.25) is 0 Å². The van der Waals surface area contributed by atoms with Crippen LogP contribution in [0.15, 0.2) is 0 Å². The van der Waals surface area contributed by atoms with Crippen LogP contribution in [0, 0.1) is 0 Å². The lowest BCUT2D eigenvalue weighted by Gasteiger charge is -2.22. The third-order valence-electron chi connectivity index (χ3n) is 4.81. The maximum absolute atomic E-state index is 10.7. The van der Waals surface area contributed by atoms with Gasteiger partial charge in [-0.05, 0) is 19.3 Å². The molecule has 0 fully saturated rings. The molecule has 2 atom stereocenters. The Bertz CT molecular complexity index is 376. The summed E-state index contributed by atoms with van der Waals surface area (Å²) in [6.07, 6.45) is 13.9. The standard InChI is InChI=1S/C21H40O5S/c1-2-3-4-5-6-7-8-9-10-14-19(27-17-16-21(25)26)18(22)13-11-12-15-20(23)24/h18-19,22H,2-17H2,1H3,(H,23,24)(H,25,26)/t18-,19-/m1/s1. The molecular weight excluding hydrogens is 364 g/mol. The molecule has 3 N–H and O–H groups in total. The van der Waals surface area contributed by atoms with E-state index in [1.807, 2.05) is 0 Å². The molecule has 0 bridgehead atoms. The molecule has 0 spiro atoms. The summed E-state index contributed by atoms with van der Waals surface area (Å²) < 4.78 is 0. The van der Waals surface area contributed by atoms with Crippen LogP contribution in [0.25, 0.3) is 0 Å². The normalized spacial score (nSPS) is 13.4. The van der Waals surface area contributed by atoms with Crippen molar-refractivity contribution in [2.24, 2.45) is 0 Å². The highest BCUT2D eigenvalue weighted by Gasteiger charge is 2.19. The first-order valence-electron chi connectivity index (χ1n) is 10.7. The minimum absolute atomic E-state index is 0.0544. The maximum Gasteiger partial charge on any atom is 0.304 e. The summed E-state index contributed by atoms with van der Waals surface area (Å²) >= 11 is 1.55. The van der Waals surface area contributed by atoms with Crippen LogP contribution in [0.5, 0.6) is 0 Å². The summed E-state index contributed by atoms with van der Waals surface area (Å²) in [7, 11) is 0. The van der Waals surface area contributed by atoms with Gasteiger partial charge in [0.05, 0.1) is 12.5 Å². The molecule has 0 aliphatic heterocycles. The number of thioether (sulfide) groups is 1. The molecule has 0 saturated carbocycles. The van der Waals surface area contributed by atoms with Crippen molar-refractivity contribution in [1.29, 1.82) is 0 Å². The number of unbranched alkanes of at least 4 members (excludes halogenated alkanes) is 9. The Labute approximate surface area is 169 Å². The topological polar surface area (TPSA) is 94.8 Å². The first-order chi connectivity index (χ1) is 13.0. The highest BCUT2D eigenvalue weighted by atomic mass is 32.2. The Balaban J connectivity index is 4.00. The molecule has 0 rings (SSSR count). The van der Waals surface area contributed by atoms with Crippen LogP contribution >= 0.6 is 11.8 Å². The summed E-state index contributed by atoms with van der Waals surface area (Å²) in [5.74, 6) is -1.09. The van der Waals surface area contributed by atoms with E-state index in [2.05, 4.69) is 6.92 Å². The molecule has 0 saturated heterocycles.